The number of Topliss-reactive ketones (excluding diaryl/α,β-unsaturated/α-hetero) is 1. The minimum atomic E-state index is 0.113. The molecule has 0 radical (unpaired) electrons. The Morgan fingerprint density at radius 2 is 1.86 bits per heavy atom. The molecule has 3 heterocycles. The van der Waals surface area contributed by atoms with Gasteiger partial charge in [-0.05, 0) is 57.8 Å². The van der Waals surface area contributed by atoms with E-state index in [2.05, 4.69) is 14.8 Å². The van der Waals surface area contributed by atoms with E-state index >= 15 is 0 Å². The molecule has 0 unspecified atom stereocenters. The lowest BCUT2D eigenvalue weighted by Crippen LogP contribution is -2.46. The largest absolute Gasteiger partial charge is 0.356 e. The maximum Gasteiger partial charge on any atom is 0.159 e. The van der Waals surface area contributed by atoms with Crippen LogP contribution in [0.25, 0.3) is 0 Å². The zero-order valence-corrected chi connectivity index (χ0v) is 12.9. The Kier molecular flexibility index (Phi) is 4.54. The summed E-state index contributed by atoms with van der Waals surface area (Å²) < 4.78 is 0. The van der Waals surface area contributed by atoms with Crippen molar-refractivity contribution in [2.45, 2.75) is 45.1 Å². The summed E-state index contributed by atoms with van der Waals surface area (Å²) in [5.41, 5.74) is 0.762. The van der Waals surface area contributed by atoms with Gasteiger partial charge in [0.05, 0.1) is 0 Å². The average molecular weight is 287 g/mol. The van der Waals surface area contributed by atoms with Crippen LogP contribution in [-0.4, -0.2) is 47.9 Å². The van der Waals surface area contributed by atoms with Crippen molar-refractivity contribution >= 4 is 11.6 Å². The van der Waals surface area contributed by atoms with Crippen LogP contribution in [0, 0.1) is 0 Å². The van der Waals surface area contributed by atoms with E-state index in [9.17, 15) is 4.79 Å². The molecule has 1 aromatic rings. The van der Waals surface area contributed by atoms with Crippen molar-refractivity contribution in [3.05, 3.63) is 23.9 Å². The van der Waals surface area contributed by atoms with Gasteiger partial charge < -0.3 is 9.80 Å². The van der Waals surface area contributed by atoms with E-state index in [1.807, 2.05) is 6.07 Å². The van der Waals surface area contributed by atoms with Crippen LogP contribution in [0.1, 0.15) is 49.4 Å². The lowest BCUT2D eigenvalue weighted by molar-refractivity contribution is 0.101. The van der Waals surface area contributed by atoms with E-state index in [1.54, 1.807) is 19.2 Å². The zero-order chi connectivity index (χ0) is 14.7. The standard InChI is InChI=1S/C17H25N3O/c1-14(21)15-5-8-18-17(13-15)20-11-6-16(7-12-20)19-9-3-2-4-10-19/h5,8,13,16H,2-4,6-7,9-12H2,1H3. The predicted octanol–water partition coefficient (Wildman–Crippen LogP) is 2.74. The van der Waals surface area contributed by atoms with Gasteiger partial charge in [0.15, 0.2) is 5.78 Å². The first kappa shape index (κ1) is 14.5. The predicted molar refractivity (Wildman–Crippen MR) is 84.9 cm³/mol. The Bertz CT molecular complexity index is 489. The van der Waals surface area contributed by atoms with E-state index in [1.165, 1.54) is 45.2 Å². The lowest BCUT2D eigenvalue weighted by atomic mass is 10.00. The van der Waals surface area contributed by atoms with E-state index < -0.39 is 0 Å². The number of likely N-dealkylation sites (tertiary alicyclic amines) is 1. The van der Waals surface area contributed by atoms with Crippen molar-refractivity contribution in [1.29, 1.82) is 0 Å². The Hall–Kier alpha value is -1.42. The van der Waals surface area contributed by atoms with Crippen molar-refractivity contribution < 1.29 is 4.79 Å². The molecule has 114 valence electrons. The fourth-order valence-electron chi connectivity index (χ4n) is 3.55. The molecule has 2 saturated heterocycles. The zero-order valence-electron chi connectivity index (χ0n) is 12.9. The first-order valence-corrected chi connectivity index (χ1v) is 8.20. The number of carbonyl (C=O) groups excluding carboxylic acids is 1. The highest BCUT2D eigenvalue weighted by molar-refractivity contribution is 5.94. The summed E-state index contributed by atoms with van der Waals surface area (Å²) in [7, 11) is 0. The van der Waals surface area contributed by atoms with Crippen molar-refractivity contribution in [2.24, 2.45) is 0 Å². The van der Waals surface area contributed by atoms with Crippen LogP contribution in [0.4, 0.5) is 5.82 Å². The number of pyridine rings is 1. The second-order valence-corrected chi connectivity index (χ2v) is 6.27. The molecule has 0 N–H and O–H groups in total. The topological polar surface area (TPSA) is 36.4 Å². The molecule has 0 saturated carbocycles. The van der Waals surface area contributed by atoms with Crippen LogP contribution in [0.15, 0.2) is 18.3 Å². The van der Waals surface area contributed by atoms with Crippen LogP contribution < -0.4 is 4.90 Å². The summed E-state index contributed by atoms with van der Waals surface area (Å²) in [4.78, 5) is 20.9. The molecule has 0 aromatic carbocycles. The molecular formula is C17H25N3O. The molecule has 0 aliphatic carbocycles. The molecule has 4 heteroatoms. The van der Waals surface area contributed by atoms with Gasteiger partial charge in [-0.1, -0.05) is 6.42 Å². The van der Waals surface area contributed by atoms with E-state index in [0.717, 1.165) is 30.5 Å². The third kappa shape index (κ3) is 3.43. The highest BCUT2D eigenvalue weighted by atomic mass is 16.1. The minimum absolute atomic E-state index is 0.113. The average Bonchev–Trinajstić information content (AvgIpc) is 2.56. The van der Waals surface area contributed by atoms with Crippen molar-refractivity contribution in [3.63, 3.8) is 0 Å². The fourth-order valence-corrected chi connectivity index (χ4v) is 3.55. The number of rotatable bonds is 3. The smallest absolute Gasteiger partial charge is 0.159 e. The molecule has 3 rings (SSSR count). The lowest BCUT2D eigenvalue weighted by Gasteiger charge is -2.40. The number of carbonyl (C=O) groups is 1. The third-order valence-corrected chi connectivity index (χ3v) is 4.85. The van der Waals surface area contributed by atoms with Gasteiger partial charge in [0.1, 0.15) is 5.82 Å². The molecule has 21 heavy (non-hydrogen) atoms. The van der Waals surface area contributed by atoms with Crippen molar-refractivity contribution in [3.8, 4) is 0 Å². The molecular weight excluding hydrogens is 262 g/mol. The van der Waals surface area contributed by atoms with Gasteiger partial charge in [0.25, 0.3) is 0 Å². The summed E-state index contributed by atoms with van der Waals surface area (Å²) >= 11 is 0. The molecule has 2 fully saturated rings. The van der Waals surface area contributed by atoms with E-state index in [0.29, 0.717) is 0 Å². The molecule has 1 aromatic heterocycles. The highest BCUT2D eigenvalue weighted by Crippen LogP contribution is 2.24. The number of hydrogen-bond acceptors (Lipinski definition) is 4. The van der Waals surface area contributed by atoms with Crippen LogP contribution in [0.5, 0.6) is 0 Å². The maximum atomic E-state index is 11.5. The van der Waals surface area contributed by atoms with Gasteiger partial charge in [0.2, 0.25) is 0 Å². The SMILES string of the molecule is CC(=O)c1ccnc(N2CCC(N3CCCCC3)CC2)c1. The fraction of sp³-hybridized carbons (Fsp3) is 0.647. The minimum Gasteiger partial charge on any atom is -0.356 e. The normalized spacial score (nSPS) is 21.5. The monoisotopic (exact) mass is 287 g/mol. The van der Waals surface area contributed by atoms with Gasteiger partial charge in [0, 0.05) is 30.9 Å². The molecule has 0 spiro atoms. The molecule has 0 amide bonds. The van der Waals surface area contributed by atoms with Gasteiger partial charge in [-0.25, -0.2) is 4.98 Å². The molecule has 0 atom stereocenters. The number of hydrogen-bond donors (Lipinski definition) is 0. The number of ketones is 1. The Labute approximate surface area is 127 Å². The quantitative estimate of drug-likeness (QED) is 0.801. The van der Waals surface area contributed by atoms with E-state index in [4.69, 9.17) is 0 Å². The van der Waals surface area contributed by atoms with Gasteiger partial charge in [-0.2, -0.15) is 0 Å². The summed E-state index contributed by atoms with van der Waals surface area (Å²) in [6.45, 7) is 6.28. The summed E-state index contributed by atoms with van der Waals surface area (Å²) in [6.07, 6.45) is 8.31. The molecule has 0 bridgehead atoms. The summed E-state index contributed by atoms with van der Waals surface area (Å²) in [6, 6.07) is 4.48. The number of aromatic nitrogens is 1. The maximum absolute atomic E-state index is 11.5. The molecule has 2 aliphatic heterocycles. The third-order valence-electron chi connectivity index (χ3n) is 4.85. The van der Waals surface area contributed by atoms with Crippen LogP contribution >= 0.6 is 0 Å². The van der Waals surface area contributed by atoms with Crippen molar-refractivity contribution in [1.82, 2.24) is 9.88 Å². The first-order chi connectivity index (χ1) is 10.2. The Morgan fingerprint density at radius 3 is 2.52 bits per heavy atom. The summed E-state index contributed by atoms with van der Waals surface area (Å²) in [5.74, 6) is 1.07. The van der Waals surface area contributed by atoms with Crippen LogP contribution in [0.2, 0.25) is 0 Å². The second-order valence-electron chi connectivity index (χ2n) is 6.27. The molecule has 4 nitrogen and oxygen atoms in total. The van der Waals surface area contributed by atoms with Crippen LogP contribution in [-0.2, 0) is 0 Å². The van der Waals surface area contributed by atoms with Gasteiger partial charge >= 0.3 is 0 Å². The highest BCUT2D eigenvalue weighted by Gasteiger charge is 2.26. The number of piperidine rings is 2. The second kappa shape index (κ2) is 6.56. The Balaban J connectivity index is 1.60. The first-order valence-electron chi connectivity index (χ1n) is 8.20. The number of nitrogens with zero attached hydrogens (tertiary/aromatic N) is 3. The van der Waals surface area contributed by atoms with Gasteiger partial charge in [-0.3, -0.25) is 4.79 Å². The molecule has 2 aliphatic rings. The van der Waals surface area contributed by atoms with Gasteiger partial charge in [-0.15, -0.1) is 0 Å². The van der Waals surface area contributed by atoms with E-state index in [-0.39, 0.29) is 5.78 Å². The van der Waals surface area contributed by atoms with Crippen LogP contribution in [0.3, 0.4) is 0 Å². The van der Waals surface area contributed by atoms with Crippen molar-refractivity contribution in [2.75, 3.05) is 31.1 Å². The summed E-state index contributed by atoms with van der Waals surface area (Å²) in [5, 5.41) is 0. The Morgan fingerprint density at radius 1 is 1.14 bits per heavy atom. The number of anilines is 1.